The van der Waals surface area contributed by atoms with E-state index in [1.54, 1.807) is 19.1 Å². The van der Waals surface area contributed by atoms with Crippen molar-refractivity contribution in [2.75, 3.05) is 26.6 Å². The van der Waals surface area contributed by atoms with Crippen LogP contribution in [0.15, 0.2) is 42.5 Å². The van der Waals surface area contributed by atoms with E-state index in [1.165, 1.54) is 39.5 Å². The summed E-state index contributed by atoms with van der Waals surface area (Å²) < 4.78 is 56.5. The Morgan fingerprint density at radius 2 is 1.71 bits per heavy atom. The summed E-state index contributed by atoms with van der Waals surface area (Å²) in [7, 11) is 4.42. The zero-order chi connectivity index (χ0) is 25.0. The highest BCUT2D eigenvalue weighted by atomic mass is 35.5. The number of nitrogens with one attached hydrogen (secondary N) is 1. The average Bonchev–Trinajstić information content (AvgIpc) is 3.15. The Kier molecular flexibility index (Phi) is 7.41. The Morgan fingerprint density at radius 1 is 1.06 bits per heavy atom. The number of nitrogens with zero attached hydrogens (tertiary/aromatic N) is 2. The van der Waals surface area contributed by atoms with Crippen molar-refractivity contribution < 1.29 is 32.2 Å². The van der Waals surface area contributed by atoms with Crippen LogP contribution in [-0.2, 0) is 11.0 Å². The lowest BCUT2D eigenvalue weighted by molar-refractivity contribution is -0.137. The fourth-order valence-corrected chi connectivity index (χ4v) is 3.36. The molecule has 0 aliphatic heterocycles. The molecule has 0 saturated carbocycles. The van der Waals surface area contributed by atoms with Crippen LogP contribution in [0.5, 0.6) is 17.2 Å². The van der Waals surface area contributed by atoms with Gasteiger partial charge in [-0.2, -0.15) is 18.3 Å². The van der Waals surface area contributed by atoms with E-state index in [1.807, 2.05) is 0 Å². The van der Waals surface area contributed by atoms with Crippen molar-refractivity contribution in [3.8, 4) is 22.9 Å². The molecule has 0 atom stereocenters. The molecule has 1 aromatic heterocycles. The van der Waals surface area contributed by atoms with E-state index in [-0.39, 0.29) is 16.5 Å². The van der Waals surface area contributed by atoms with Gasteiger partial charge in [0.1, 0.15) is 5.82 Å². The topological polar surface area (TPSA) is 74.6 Å². The van der Waals surface area contributed by atoms with Crippen LogP contribution >= 0.6 is 11.6 Å². The third-order valence-corrected chi connectivity index (χ3v) is 5.02. The van der Waals surface area contributed by atoms with Crippen LogP contribution < -0.4 is 19.5 Å². The molecular weight excluding hydrogens is 475 g/mol. The van der Waals surface area contributed by atoms with Gasteiger partial charge >= 0.3 is 6.18 Å². The number of methoxy groups -OCH3 is 3. The third kappa shape index (κ3) is 5.45. The lowest BCUT2D eigenvalue weighted by Gasteiger charge is -2.13. The summed E-state index contributed by atoms with van der Waals surface area (Å²) in [6.45, 7) is 1.64. The molecule has 34 heavy (non-hydrogen) atoms. The summed E-state index contributed by atoms with van der Waals surface area (Å²) >= 11 is 6.13. The zero-order valence-electron chi connectivity index (χ0n) is 18.7. The van der Waals surface area contributed by atoms with Gasteiger partial charge in [-0.15, -0.1) is 0 Å². The maximum absolute atomic E-state index is 13.2. The van der Waals surface area contributed by atoms with Gasteiger partial charge < -0.3 is 19.5 Å². The van der Waals surface area contributed by atoms with E-state index < -0.39 is 17.6 Å². The number of benzene rings is 2. The van der Waals surface area contributed by atoms with Gasteiger partial charge in [-0.05, 0) is 48.9 Å². The Balaban J connectivity index is 1.89. The van der Waals surface area contributed by atoms with Gasteiger partial charge in [-0.3, -0.25) is 4.79 Å². The predicted octanol–water partition coefficient (Wildman–Crippen LogP) is 5.53. The van der Waals surface area contributed by atoms with E-state index in [9.17, 15) is 18.0 Å². The van der Waals surface area contributed by atoms with Crippen molar-refractivity contribution in [3.05, 3.63) is 64.3 Å². The molecule has 0 spiro atoms. The van der Waals surface area contributed by atoms with Gasteiger partial charge in [-0.1, -0.05) is 11.6 Å². The zero-order valence-corrected chi connectivity index (χ0v) is 19.4. The van der Waals surface area contributed by atoms with Crippen molar-refractivity contribution in [3.63, 3.8) is 0 Å². The van der Waals surface area contributed by atoms with Crippen molar-refractivity contribution >= 4 is 29.4 Å². The molecule has 1 amide bonds. The maximum Gasteiger partial charge on any atom is 0.416 e. The second kappa shape index (κ2) is 10.1. The number of ether oxygens (including phenoxy) is 3. The van der Waals surface area contributed by atoms with Crippen LogP contribution in [-0.4, -0.2) is 37.0 Å². The first kappa shape index (κ1) is 25.0. The fraction of sp³-hybridized carbons (Fsp3) is 0.217. The van der Waals surface area contributed by atoms with Gasteiger partial charge in [0.15, 0.2) is 11.5 Å². The van der Waals surface area contributed by atoms with Crippen LogP contribution in [0.25, 0.3) is 11.8 Å². The van der Waals surface area contributed by atoms with Crippen LogP contribution in [0.4, 0.5) is 19.0 Å². The van der Waals surface area contributed by atoms with Crippen LogP contribution in [0.3, 0.4) is 0 Å². The van der Waals surface area contributed by atoms with Crippen LogP contribution in [0.2, 0.25) is 5.02 Å². The second-order valence-corrected chi connectivity index (χ2v) is 7.44. The first-order valence-electron chi connectivity index (χ1n) is 9.80. The van der Waals surface area contributed by atoms with Gasteiger partial charge in [0, 0.05) is 12.1 Å². The average molecular weight is 496 g/mol. The molecule has 0 aliphatic rings. The summed E-state index contributed by atoms with van der Waals surface area (Å²) in [5, 5.41) is 6.83. The monoisotopic (exact) mass is 495 g/mol. The number of aromatic nitrogens is 2. The number of carbonyl (C=O) groups is 1. The molecule has 0 aliphatic carbocycles. The molecule has 3 rings (SSSR count). The minimum Gasteiger partial charge on any atom is -0.493 e. The molecule has 1 N–H and O–H groups in total. The lowest BCUT2D eigenvalue weighted by Crippen LogP contribution is -2.13. The van der Waals surface area contributed by atoms with E-state index >= 15 is 0 Å². The normalized spacial score (nSPS) is 11.5. The summed E-state index contributed by atoms with van der Waals surface area (Å²) in [4.78, 5) is 12.6. The smallest absolute Gasteiger partial charge is 0.416 e. The Bertz CT molecular complexity index is 1210. The first-order chi connectivity index (χ1) is 16.1. The molecule has 2 aromatic carbocycles. The summed E-state index contributed by atoms with van der Waals surface area (Å²) in [5.74, 6) is 0.838. The van der Waals surface area contributed by atoms with Crippen molar-refractivity contribution in [1.29, 1.82) is 0 Å². The minimum atomic E-state index is -4.56. The number of hydrogen-bond acceptors (Lipinski definition) is 5. The predicted molar refractivity (Wildman–Crippen MR) is 122 cm³/mol. The molecular formula is C23H21ClF3N3O4. The van der Waals surface area contributed by atoms with Crippen molar-refractivity contribution in [1.82, 2.24) is 9.78 Å². The fourth-order valence-electron chi connectivity index (χ4n) is 3.16. The molecule has 7 nitrogen and oxygen atoms in total. The standard InChI is InChI=1S/C23H21ClF3N3O4/c1-13-9-20(30(29-13)17-12-15(23(25,26)27)6-7-16(17)24)28-21(31)8-5-14-10-18(32-2)22(34-4)19(11-14)33-3/h5-12H,1-4H3,(H,28,31). The molecule has 0 bridgehead atoms. The molecule has 0 saturated heterocycles. The van der Waals surface area contributed by atoms with E-state index in [0.717, 1.165) is 22.9 Å². The van der Waals surface area contributed by atoms with Gasteiger partial charge in [-0.25, -0.2) is 4.68 Å². The third-order valence-electron chi connectivity index (χ3n) is 4.70. The molecule has 0 unspecified atom stereocenters. The Hall–Kier alpha value is -3.66. The maximum atomic E-state index is 13.2. The molecule has 11 heteroatoms. The number of carbonyl (C=O) groups excluding carboxylic acids is 1. The van der Waals surface area contributed by atoms with E-state index in [2.05, 4.69) is 10.4 Å². The van der Waals surface area contributed by atoms with Crippen molar-refractivity contribution in [2.45, 2.75) is 13.1 Å². The number of anilines is 1. The Labute approximate surface area is 198 Å². The highest BCUT2D eigenvalue weighted by Gasteiger charge is 2.31. The molecule has 180 valence electrons. The summed E-state index contributed by atoms with van der Waals surface area (Å²) in [6, 6.07) is 7.70. The number of amides is 1. The summed E-state index contributed by atoms with van der Waals surface area (Å²) in [5.41, 5.74) is 0.153. The minimum absolute atomic E-state index is 0.0199. The molecule has 3 aromatic rings. The molecule has 1 heterocycles. The number of alkyl halides is 3. The van der Waals surface area contributed by atoms with Crippen LogP contribution in [0.1, 0.15) is 16.8 Å². The number of halogens is 4. The summed E-state index contributed by atoms with van der Waals surface area (Å²) in [6.07, 6.45) is -1.79. The van der Waals surface area contributed by atoms with Crippen molar-refractivity contribution in [2.24, 2.45) is 0 Å². The number of rotatable bonds is 7. The van der Waals surface area contributed by atoms with Crippen LogP contribution in [0, 0.1) is 6.92 Å². The van der Waals surface area contributed by atoms with Gasteiger partial charge in [0.2, 0.25) is 11.7 Å². The Morgan fingerprint density at radius 3 is 2.26 bits per heavy atom. The quantitative estimate of drug-likeness (QED) is 0.436. The lowest BCUT2D eigenvalue weighted by atomic mass is 10.1. The van der Waals surface area contributed by atoms with Gasteiger partial charge in [0.05, 0.1) is 43.3 Å². The number of aryl methyl sites for hydroxylation is 1. The first-order valence-corrected chi connectivity index (χ1v) is 10.2. The largest absolute Gasteiger partial charge is 0.493 e. The molecule has 0 fully saturated rings. The molecule has 0 radical (unpaired) electrons. The van der Waals surface area contributed by atoms with Gasteiger partial charge in [0.25, 0.3) is 0 Å². The SMILES string of the molecule is COc1cc(C=CC(=O)Nc2cc(C)nn2-c2cc(C(F)(F)F)ccc2Cl)cc(OC)c1OC. The highest BCUT2D eigenvalue weighted by molar-refractivity contribution is 6.32. The number of hydrogen-bond donors (Lipinski definition) is 1. The highest BCUT2D eigenvalue weighted by Crippen LogP contribution is 2.38. The second-order valence-electron chi connectivity index (χ2n) is 7.03. The van der Waals surface area contributed by atoms with E-state index in [0.29, 0.717) is 28.5 Å². The van der Waals surface area contributed by atoms with E-state index in [4.69, 9.17) is 25.8 Å².